The number of rotatable bonds is 6. The van der Waals surface area contributed by atoms with E-state index in [-0.39, 0.29) is 0 Å². The molecule has 3 heteroatoms. The fraction of sp³-hybridized carbons (Fsp3) is 0.294. The molecule has 0 saturated carbocycles. The van der Waals surface area contributed by atoms with Gasteiger partial charge in [0, 0.05) is 24.1 Å². The van der Waals surface area contributed by atoms with Crippen molar-refractivity contribution in [1.82, 2.24) is 4.90 Å². The molecular formula is C17H21BrN2. The Balaban J connectivity index is 1.89. The Bertz CT molecular complexity index is 540. The van der Waals surface area contributed by atoms with E-state index in [0.29, 0.717) is 6.54 Å². The summed E-state index contributed by atoms with van der Waals surface area (Å²) < 4.78 is 1.15. The van der Waals surface area contributed by atoms with E-state index < -0.39 is 0 Å². The number of hydrogen-bond donors (Lipinski definition) is 1. The van der Waals surface area contributed by atoms with Gasteiger partial charge in [0.1, 0.15) is 0 Å². The van der Waals surface area contributed by atoms with Crippen molar-refractivity contribution in [2.24, 2.45) is 5.73 Å². The van der Waals surface area contributed by atoms with Crippen LogP contribution < -0.4 is 5.73 Å². The van der Waals surface area contributed by atoms with Crippen molar-refractivity contribution in [3.8, 4) is 0 Å². The predicted molar refractivity (Wildman–Crippen MR) is 88.5 cm³/mol. The van der Waals surface area contributed by atoms with Gasteiger partial charge in [-0.05, 0) is 36.2 Å². The summed E-state index contributed by atoms with van der Waals surface area (Å²) >= 11 is 3.63. The van der Waals surface area contributed by atoms with Gasteiger partial charge >= 0.3 is 0 Å². The molecule has 2 aromatic carbocycles. The zero-order valence-corrected chi connectivity index (χ0v) is 13.4. The molecule has 0 bridgehead atoms. The van der Waals surface area contributed by atoms with Crippen molar-refractivity contribution >= 4 is 15.9 Å². The molecule has 0 unspecified atom stereocenters. The Morgan fingerprint density at radius 3 is 2.45 bits per heavy atom. The second-order valence-corrected chi connectivity index (χ2v) is 5.96. The summed E-state index contributed by atoms with van der Waals surface area (Å²) in [7, 11) is 2.16. The Morgan fingerprint density at radius 1 is 1.05 bits per heavy atom. The molecule has 0 fully saturated rings. The highest BCUT2D eigenvalue weighted by Crippen LogP contribution is 2.20. The molecule has 2 N–H and O–H groups in total. The molecule has 20 heavy (non-hydrogen) atoms. The molecule has 0 radical (unpaired) electrons. The fourth-order valence-electron chi connectivity index (χ4n) is 2.18. The summed E-state index contributed by atoms with van der Waals surface area (Å²) in [6.45, 7) is 2.58. The van der Waals surface area contributed by atoms with Crippen LogP contribution in [0.1, 0.15) is 16.7 Å². The molecule has 2 rings (SSSR count). The molecular weight excluding hydrogens is 312 g/mol. The molecule has 0 saturated heterocycles. The van der Waals surface area contributed by atoms with Crippen molar-refractivity contribution in [3.63, 3.8) is 0 Å². The smallest absolute Gasteiger partial charge is 0.0242 e. The molecule has 0 amide bonds. The number of halogens is 1. The molecule has 0 atom stereocenters. The fourth-order valence-corrected chi connectivity index (χ4v) is 2.73. The topological polar surface area (TPSA) is 29.3 Å². The van der Waals surface area contributed by atoms with Crippen LogP contribution in [0.25, 0.3) is 0 Å². The maximum absolute atomic E-state index is 5.65. The van der Waals surface area contributed by atoms with Crippen molar-refractivity contribution < 1.29 is 0 Å². The second kappa shape index (κ2) is 7.58. The number of nitrogens with two attached hydrogens (primary N) is 1. The number of benzene rings is 2. The highest BCUT2D eigenvalue weighted by atomic mass is 79.9. The minimum absolute atomic E-state index is 0.586. The normalized spacial score (nSPS) is 11.0. The van der Waals surface area contributed by atoms with E-state index in [1.807, 2.05) is 0 Å². The predicted octanol–water partition coefficient (Wildman–Crippen LogP) is 3.58. The lowest BCUT2D eigenvalue weighted by atomic mass is 10.1. The number of hydrogen-bond acceptors (Lipinski definition) is 2. The lowest BCUT2D eigenvalue weighted by molar-refractivity contribution is 0.330. The van der Waals surface area contributed by atoms with E-state index in [2.05, 4.69) is 76.4 Å². The van der Waals surface area contributed by atoms with Crippen LogP contribution in [0.2, 0.25) is 0 Å². The summed E-state index contributed by atoms with van der Waals surface area (Å²) in [4.78, 5) is 2.34. The Kier molecular flexibility index (Phi) is 5.77. The SMILES string of the molecule is CN(CCc1ccccc1)Cc1ccc(CN)cc1Br. The molecule has 0 aliphatic heterocycles. The van der Waals surface area contributed by atoms with Crippen LogP contribution >= 0.6 is 15.9 Å². The largest absolute Gasteiger partial charge is 0.326 e. The maximum Gasteiger partial charge on any atom is 0.0242 e. The molecule has 2 nitrogen and oxygen atoms in total. The third-order valence-electron chi connectivity index (χ3n) is 3.42. The van der Waals surface area contributed by atoms with Crippen molar-refractivity contribution in [2.45, 2.75) is 19.5 Å². The van der Waals surface area contributed by atoms with Crippen LogP contribution in [-0.2, 0) is 19.5 Å². The van der Waals surface area contributed by atoms with Gasteiger partial charge in [0.2, 0.25) is 0 Å². The van der Waals surface area contributed by atoms with Gasteiger partial charge in [-0.15, -0.1) is 0 Å². The van der Waals surface area contributed by atoms with Crippen molar-refractivity contribution in [2.75, 3.05) is 13.6 Å². The van der Waals surface area contributed by atoms with Gasteiger partial charge in [0.15, 0.2) is 0 Å². The zero-order valence-electron chi connectivity index (χ0n) is 11.8. The molecule has 0 heterocycles. The van der Waals surface area contributed by atoms with Gasteiger partial charge in [-0.25, -0.2) is 0 Å². The van der Waals surface area contributed by atoms with Crippen molar-refractivity contribution in [3.05, 3.63) is 69.7 Å². The Hall–Kier alpha value is -1.16. The van der Waals surface area contributed by atoms with Gasteiger partial charge < -0.3 is 10.6 Å². The minimum Gasteiger partial charge on any atom is -0.326 e. The van der Waals surface area contributed by atoms with Gasteiger partial charge in [-0.3, -0.25) is 0 Å². The summed E-state index contributed by atoms with van der Waals surface area (Å²) in [5, 5.41) is 0. The molecule has 0 aliphatic rings. The van der Waals surface area contributed by atoms with Crippen LogP contribution in [-0.4, -0.2) is 18.5 Å². The lowest BCUT2D eigenvalue weighted by Gasteiger charge is -2.18. The van der Waals surface area contributed by atoms with Gasteiger partial charge in [0.05, 0.1) is 0 Å². The third kappa shape index (κ3) is 4.44. The van der Waals surface area contributed by atoms with Gasteiger partial charge in [-0.2, -0.15) is 0 Å². The average molecular weight is 333 g/mol. The van der Waals surface area contributed by atoms with Gasteiger partial charge in [0.25, 0.3) is 0 Å². The Morgan fingerprint density at radius 2 is 1.80 bits per heavy atom. The van der Waals surface area contributed by atoms with E-state index in [1.54, 1.807) is 0 Å². The molecule has 0 aliphatic carbocycles. The quantitative estimate of drug-likeness (QED) is 0.875. The first-order chi connectivity index (χ1) is 9.69. The standard InChI is InChI=1S/C17H21BrN2/c1-20(10-9-14-5-3-2-4-6-14)13-16-8-7-15(12-19)11-17(16)18/h2-8,11H,9-10,12-13,19H2,1H3. The van der Waals surface area contributed by atoms with Crippen molar-refractivity contribution in [1.29, 1.82) is 0 Å². The van der Waals surface area contributed by atoms with Crippen LogP contribution in [0.5, 0.6) is 0 Å². The molecule has 106 valence electrons. The van der Waals surface area contributed by atoms with Crippen LogP contribution in [0.3, 0.4) is 0 Å². The number of nitrogens with zero attached hydrogens (tertiary/aromatic N) is 1. The first-order valence-electron chi connectivity index (χ1n) is 6.89. The lowest BCUT2D eigenvalue weighted by Crippen LogP contribution is -2.21. The summed E-state index contributed by atoms with van der Waals surface area (Å²) in [6, 6.07) is 17.0. The third-order valence-corrected chi connectivity index (χ3v) is 4.16. The average Bonchev–Trinajstić information content (AvgIpc) is 2.48. The van der Waals surface area contributed by atoms with E-state index in [1.165, 1.54) is 11.1 Å². The molecule has 0 aromatic heterocycles. The molecule has 2 aromatic rings. The maximum atomic E-state index is 5.65. The summed E-state index contributed by atoms with van der Waals surface area (Å²) in [6.07, 6.45) is 1.08. The zero-order chi connectivity index (χ0) is 14.4. The Labute approximate surface area is 129 Å². The van der Waals surface area contributed by atoms with E-state index in [9.17, 15) is 0 Å². The van der Waals surface area contributed by atoms with E-state index >= 15 is 0 Å². The monoisotopic (exact) mass is 332 g/mol. The summed E-state index contributed by atoms with van der Waals surface area (Å²) in [5.74, 6) is 0. The first kappa shape index (κ1) is 15.2. The minimum atomic E-state index is 0.586. The first-order valence-corrected chi connectivity index (χ1v) is 7.68. The van der Waals surface area contributed by atoms with E-state index in [0.717, 1.165) is 29.5 Å². The highest BCUT2D eigenvalue weighted by Gasteiger charge is 2.05. The second-order valence-electron chi connectivity index (χ2n) is 5.10. The van der Waals surface area contributed by atoms with E-state index in [4.69, 9.17) is 5.73 Å². The highest BCUT2D eigenvalue weighted by molar-refractivity contribution is 9.10. The number of likely N-dealkylation sites (N-methyl/N-ethyl adjacent to an activating group) is 1. The van der Waals surface area contributed by atoms with Crippen LogP contribution in [0, 0.1) is 0 Å². The molecule has 0 spiro atoms. The van der Waals surface area contributed by atoms with Gasteiger partial charge in [-0.1, -0.05) is 58.4 Å². The van der Waals surface area contributed by atoms with Crippen LogP contribution in [0.15, 0.2) is 53.0 Å². The van der Waals surface area contributed by atoms with Crippen LogP contribution in [0.4, 0.5) is 0 Å². The summed E-state index contributed by atoms with van der Waals surface area (Å²) in [5.41, 5.74) is 9.50.